The highest BCUT2D eigenvalue weighted by Gasteiger charge is 2.31. The SMILES string of the molecule is O=C(O[C@H]1CCCC[C@@H]1c1ccco1)c1ccccc1. The van der Waals surface area contributed by atoms with Crippen LogP contribution in [-0.2, 0) is 4.74 Å². The van der Waals surface area contributed by atoms with E-state index in [1.54, 1.807) is 18.4 Å². The van der Waals surface area contributed by atoms with Crippen molar-refractivity contribution < 1.29 is 13.9 Å². The Hall–Kier alpha value is -2.03. The van der Waals surface area contributed by atoms with Crippen LogP contribution in [0.1, 0.15) is 47.7 Å². The van der Waals surface area contributed by atoms with E-state index in [0.29, 0.717) is 5.56 Å². The first-order chi connectivity index (χ1) is 9.84. The van der Waals surface area contributed by atoms with Crippen LogP contribution >= 0.6 is 0 Å². The quantitative estimate of drug-likeness (QED) is 0.786. The number of hydrogen-bond acceptors (Lipinski definition) is 3. The molecule has 0 radical (unpaired) electrons. The standard InChI is InChI=1S/C17H18O3/c18-17(13-7-2-1-3-8-13)20-16-10-5-4-9-14(16)15-11-6-12-19-15/h1-3,6-8,11-12,14,16H,4-5,9-10H2/t14-,16+/m1/s1. The van der Waals surface area contributed by atoms with Crippen molar-refractivity contribution in [2.75, 3.05) is 0 Å². The van der Waals surface area contributed by atoms with Crippen molar-refractivity contribution >= 4 is 5.97 Å². The number of rotatable bonds is 3. The molecule has 2 atom stereocenters. The summed E-state index contributed by atoms with van der Waals surface area (Å²) in [5, 5.41) is 0. The molecule has 0 spiro atoms. The molecule has 1 aliphatic carbocycles. The molecule has 2 aromatic rings. The van der Waals surface area contributed by atoms with Gasteiger partial charge in [0.25, 0.3) is 0 Å². The van der Waals surface area contributed by atoms with Crippen molar-refractivity contribution in [3.8, 4) is 0 Å². The van der Waals surface area contributed by atoms with Gasteiger partial charge in [-0.25, -0.2) is 4.79 Å². The van der Waals surface area contributed by atoms with Crippen molar-refractivity contribution in [3.63, 3.8) is 0 Å². The zero-order valence-electron chi connectivity index (χ0n) is 11.3. The molecule has 0 saturated heterocycles. The number of carbonyl (C=O) groups excluding carboxylic acids is 1. The molecule has 0 aliphatic heterocycles. The van der Waals surface area contributed by atoms with Gasteiger partial charge in [0, 0.05) is 0 Å². The van der Waals surface area contributed by atoms with Crippen LogP contribution in [0, 0.1) is 0 Å². The molecule has 1 aromatic carbocycles. The second-order valence-electron chi connectivity index (χ2n) is 5.22. The van der Waals surface area contributed by atoms with Crippen LogP contribution in [0.25, 0.3) is 0 Å². The predicted octanol–water partition coefficient (Wildman–Crippen LogP) is 4.16. The Labute approximate surface area is 118 Å². The maximum absolute atomic E-state index is 12.2. The molecule has 3 heteroatoms. The highest BCUT2D eigenvalue weighted by Crippen LogP contribution is 2.35. The Morgan fingerprint density at radius 3 is 2.60 bits per heavy atom. The van der Waals surface area contributed by atoms with Crippen molar-refractivity contribution in [1.29, 1.82) is 0 Å². The van der Waals surface area contributed by atoms with E-state index < -0.39 is 0 Å². The number of esters is 1. The predicted molar refractivity (Wildman–Crippen MR) is 75.6 cm³/mol. The van der Waals surface area contributed by atoms with Crippen LogP contribution < -0.4 is 0 Å². The Kier molecular flexibility index (Phi) is 3.86. The molecule has 1 aliphatic rings. The van der Waals surface area contributed by atoms with E-state index in [2.05, 4.69) is 0 Å². The first kappa shape index (κ1) is 13.0. The third kappa shape index (κ3) is 2.77. The molecular formula is C17H18O3. The van der Waals surface area contributed by atoms with Gasteiger partial charge in [0.2, 0.25) is 0 Å². The second kappa shape index (κ2) is 5.95. The molecule has 1 saturated carbocycles. The lowest BCUT2D eigenvalue weighted by Crippen LogP contribution is -2.28. The second-order valence-corrected chi connectivity index (χ2v) is 5.22. The van der Waals surface area contributed by atoms with E-state index in [4.69, 9.17) is 9.15 Å². The molecule has 1 aromatic heterocycles. The van der Waals surface area contributed by atoms with E-state index in [-0.39, 0.29) is 18.0 Å². The van der Waals surface area contributed by atoms with E-state index in [1.807, 2.05) is 30.3 Å². The molecule has 20 heavy (non-hydrogen) atoms. The molecule has 0 bridgehead atoms. The summed E-state index contributed by atoms with van der Waals surface area (Å²) in [6.07, 6.45) is 5.78. The van der Waals surface area contributed by atoms with Crippen molar-refractivity contribution in [1.82, 2.24) is 0 Å². The van der Waals surface area contributed by atoms with Crippen LogP contribution in [0.3, 0.4) is 0 Å². The number of carbonyl (C=O) groups is 1. The number of furan rings is 1. The lowest BCUT2D eigenvalue weighted by Gasteiger charge is -2.29. The lowest BCUT2D eigenvalue weighted by atomic mass is 9.84. The fraction of sp³-hybridized carbons (Fsp3) is 0.353. The molecular weight excluding hydrogens is 252 g/mol. The molecule has 3 nitrogen and oxygen atoms in total. The van der Waals surface area contributed by atoms with Gasteiger partial charge < -0.3 is 9.15 Å². The molecule has 0 unspecified atom stereocenters. The number of benzene rings is 1. The maximum Gasteiger partial charge on any atom is 0.338 e. The lowest BCUT2D eigenvalue weighted by molar-refractivity contribution is 0.0118. The summed E-state index contributed by atoms with van der Waals surface area (Å²) < 4.78 is 11.2. The molecule has 0 amide bonds. The van der Waals surface area contributed by atoms with E-state index >= 15 is 0 Å². The largest absolute Gasteiger partial charge is 0.469 e. The van der Waals surface area contributed by atoms with Gasteiger partial charge in [0.05, 0.1) is 17.7 Å². The van der Waals surface area contributed by atoms with Crippen molar-refractivity contribution in [2.45, 2.75) is 37.7 Å². The summed E-state index contributed by atoms with van der Waals surface area (Å²) in [5.41, 5.74) is 0.608. The average Bonchev–Trinajstić information content (AvgIpc) is 3.03. The topological polar surface area (TPSA) is 39.4 Å². The van der Waals surface area contributed by atoms with Crippen LogP contribution in [-0.4, -0.2) is 12.1 Å². The van der Waals surface area contributed by atoms with Crippen LogP contribution in [0.4, 0.5) is 0 Å². The number of hydrogen-bond donors (Lipinski definition) is 0. The monoisotopic (exact) mass is 270 g/mol. The summed E-state index contributed by atoms with van der Waals surface area (Å²) in [5.74, 6) is 0.871. The first-order valence-electron chi connectivity index (χ1n) is 7.14. The van der Waals surface area contributed by atoms with E-state index in [9.17, 15) is 4.79 Å². The van der Waals surface area contributed by atoms with Crippen molar-refractivity contribution in [2.24, 2.45) is 0 Å². The summed E-state index contributed by atoms with van der Waals surface area (Å²) in [7, 11) is 0. The summed E-state index contributed by atoms with van der Waals surface area (Å²) in [6.45, 7) is 0. The first-order valence-corrected chi connectivity index (χ1v) is 7.14. The zero-order valence-corrected chi connectivity index (χ0v) is 11.3. The minimum Gasteiger partial charge on any atom is -0.469 e. The number of ether oxygens (including phenoxy) is 1. The van der Waals surface area contributed by atoms with Gasteiger partial charge >= 0.3 is 5.97 Å². The maximum atomic E-state index is 12.2. The van der Waals surface area contributed by atoms with Gasteiger partial charge in [-0.15, -0.1) is 0 Å². The minimum atomic E-state index is -0.242. The fourth-order valence-electron chi connectivity index (χ4n) is 2.85. The smallest absolute Gasteiger partial charge is 0.338 e. The zero-order chi connectivity index (χ0) is 13.8. The minimum absolute atomic E-state index is 0.0809. The molecule has 1 fully saturated rings. The Balaban J connectivity index is 1.73. The van der Waals surface area contributed by atoms with Crippen LogP contribution in [0.5, 0.6) is 0 Å². The Morgan fingerprint density at radius 1 is 1.05 bits per heavy atom. The average molecular weight is 270 g/mol. The summed E-state index contributed by atoms with van der Waals surface area (Å²) >= 11 is 0. The van der Waals surface area contributed by atoms with Crippen LogP contribution in [0.15, 0.2) is 53.1 Å². The summed E-state index contributed by atoms with van der Waals surface area (Å²) in [6, 6.07) is 13.0. The van der Waals surface area contributed by atoms with Gasteiger partial charge in [-0.05, 0) is 43.5 Å². The molecule has 1 heterocycles. The highest BCUT2D eigenvalue weighted by atomic mass is 16.5. The van der Waals surface area contributed by atoms with Gasteiger partial charge in [0.15, 0.2) is 0 Å². The molecule has 104 valence electrons. The van der Waals surface area contributed by atoms with E-state index in [1.165, 1.54) is 0 Å². The third-order valence-corrected chi connectivity index (χ3v) is 3.88. The van der Waals surface area contributed by atoms with Gasteiger partial charge in [-0.3, -0.25) is 0 Å². The Morgan fingerprint density at radius 2 is 1.85 bits per heavy atom. The fourth-order valence-corrected chi connectivity index (χ4v) is 2.85. The third-order valence-electron chi connectivity index (χ3n) is 3.88. The van der Waals surface area contributed by atoms with Gasteiger partial charge in [-0.1, -0.05) is 24.6 Å². The van der Waals surface area contributed by atoms with Crippen molar-refractivity contribution in [3.05, 3.63) is 60.1 Å². The van der Waals surface area contributed by atoms with Gasteiger partial charge in [-0.2, -0.15) is 0 Å². The normalized spacial score (nSPS) is 22.4. The molecule has 3 rings (SSSR count). The molecule has 0 N–H and O–H groups in total. The summed E-state index contributed by atoms with van der Waals surface area (Å²) in [4.78, 5) is 12.2. The highest BCUT2D eigenvalue weighted by molar-refractivity contribution is 5.89. The van der Waals surface area contributed by atoms with Gasteiger partial charge in [0.1, 0.15) is 11.9 Å². The van der Waals surface area contributed by atoms with E-state index in [0.717, 1.165) is 31.4 Å². The van der Waals surface area contributed by atoms with Crippen LogP contribution in [0.2, 0.25) is 0 Å². The Bertz CT molecular complexity index is 545.